The van der Waals surface area contributed by atoms with Crippen molar-refractivity contribution in [2.75, 3.05) is 24.3 Å². The Morgan fingerprint density at radius 3 is 2.36 bits per heavy atom. The highest BCUT2D eigenvalue weighted by atomic mass is 32.2. The van der Waals surface area contributed by atoms with E-state index in [0.717, 1.165) is 22.3 Å². The van der Waals surface area contributed by atoms with Crippen molar-refractivity contribution in [2.45, 2.75) is 26.6 Å². The summed E-state index contributed by atoms with van der Waals surface area (Å²) in [6.07, 6.45) is -2.75. The number of urea groups is 1. The highest BCUT2D eigenvalue weighted by Gasteiger charge is 2.33. The van der Waals surface area contributed by atoms with Crippen LogP contribution in [0, 0.1) is 13.8 Å². The van der Waals surface area contributed by atoms with E-state index in [4.69, 9.17) is 4.74 Å². The molecule has 0 radical (unpaired) electrons. The van der Waals surface area contributed by atoms with Crippen molar-refractivity contribution in [3.63, 3.8) is 0 Å². The lowest BCUT2D eigenvalue weighted by Gasteiger charge is -2.21. The Kier molecular flexibility index (Phi) is 8.90. The first kappa shape index (κ1) is 30.6. The van der Waals surface area contributed by atoms with E-state index in [1.807, 2.05) is 50.2 Å². The van der Waals surface area contributed by atoms with Crippen molar-refractivity contribution in [2.24, 2.45) is 4.99 Å². The van der Waals surface area contributed by atoms with Crippen LogP contribution >= 0.6 is 11.8 Å². The van der Waals surface area contributed by atoms with Gasteiger partial charge in [0, 0.05) is 12.1 Å². The molecule has 1 saturated heterocycles. The third-order valence-corrected chi connectivity index (χ3v) is 7.54. The fraction of sp³-hybridized carbons (Fsp3) is 0.233. The normalized spacial score (nSPS) is 14.3. The molecule has 0 unspecified atom stereocenters. The number of thioether (sulfide) groups is 1. The summed E-state index contributed by atoms with van der Waals surface area (Å²) in [5.74, 6) is 0.844. The molecule has 0 spiro atoms. The number of carbonyl (C=O) groups excluding carboxylic acids is 2. The number of nitrogens with zero attached hydrogens (tertiary/aromatic N) is 5. The molecule has 1 N–H and O–H groups in total. The molecule has 228 valence electrons. The van der Waals surface area contributed by atoms with Crippen LogP contribution in [0.4, 0.5) is 23.7 Å². The molecule has 4 aromatic rings. The maximum Gasteiger partial charge on any atom is 0.573 e. The van der Waals surface area contributed by atoms with Crippen molar-refractivity contribution in [3.05, 3.63) is 83.7 Å². The lowest BCUT2D eigenvalue weighted by Crippen LogP contribution is -2.32. The summed E-state index contributed by atoms with van der Waals surface area (Å²) < 4.78 is 47.8. The monoisotopic (exact) mass is 624 g/mol. The summed E-state index contributed by atoms with van der Waals surface area (Å²) in [4.78, 5) is 35.3. The minimum Gasteiger partial charge on any atom is -0.497 e. The minimum absolute atomic E-state index is 0.147. The zero-order valence-corrected chi connectivity index (χ0v) is 24.7. The van der Waals surface area contributed by atoms with Crippen LogP contribution in [0.5, 0.6) is 11.5 Å². The van der Waals surface area contributed by atoms with Crippen LogP contribution in [-0.4, -0.2) is 57.6 Å². The van der Waals surface area contributed by atoms with E-state index in [-0.39, 0.29) is 17.4 Å². The number of carbonyl (C=O) groups is 2. The lowest BCUT2D eigenvalue weighted by atomic mass is 10.1. The van der Waals surface area contributed by atoms with E-state index in [0.29, 0.717) is 41.1 Å². The third kappa shape index (κ3) is 7.19. The Bertz CT molecular complexity index is 1680. The number of halogens is 3. The molecular weight excluding hydrogens is 597 g/mol. The molecule has 14 heteroatoms. The lowest BCUT2D eigenvalue weighted by molar-refractivity contribution is -0.274. The van der Waals surface area contributed by atoms with Gasteiger partial charge in [-0.25, -0.2) is 14.5 Å². The Morgan fingerprint density at radius 1 is 1.05 bits per heavy atom. The number of ether oxygens (including phenoxy) is 2. The Morgan fingerprint density at radius 2 is 1.73 bits per heavy atom. The zero-order chi connectivity index (χ0) is 31.4. The number of aliphatic imine (C=N–C) groups is 1. The summed E-state index contributed by atoms with van der Waals surface area (Å²) in [7, 11) is 1.58. The molecule has 3 amide bonds. The number of amidine groups is 1. The Balaban J connectivity index is 1.17. The van der Waals surface area contributed by atoms with Gasteiger partial charge in [0.2, 0.25) is 5.91 Å². The molecule has 1 aliphatic rings. The molecule has 0 atom stereocenters. The van der Waals surface area contributed by atoms with E-state index < -0.39 is 12.4 Å². The highest BCUT2D eigenvalue weighted by Crippen LogP contribution is 2.35. The molecule has 0 aliphatic carbocycles. The van der Waals surface area contributed by atoms with Gasteiger partial charge in [0.05, 0.1) is 24.2 Å². The van der Waals surface area contributed by atoms with Gasteiger partial charge in [-0.15, -0.1) is 18.3 Å². The molecular formula is C30H27F3N6O4S. The van der Waals surface area contributed by atoms with Crippen molar-refractivity contribution >= 4 is 34.6 Å². The molecule has 5 rings (SSSR count). The molecule has 0 saturated carbocycles. The van der Waals surface area contributed by atoms with E-state index in [2.05, 4.69) is 25.1 Å². The summed E-state index contributed by atoms with van der Waals surface area (Å²) >= 11 is 1.22. The predicted octanol–water partition coefficient (Wildman–Crippen LogP) is 5.85. The molecule has 10 nitrogen and oxygen atoms in total. The summed E-state index contributed by atoms with van der Waals surface area (Å²) in [5, 5.41) is 7.51. The van der Waals surface area contributed by atoms with Gasteiger partial charge >= 0.3 is 12.4 Å². The van der Waals surface area contributed by atoms with Gasteiger partial charge in [0.1, 0.15) is 17.8 Å². The number of benzene rings is 3. The molecule has 2 heterocycles. The van der Waals surface area contributed by atoms with Crippen LogP contribution in [0.15, 0.2) is 72.0 Å². The van der Waals surface area contributed by atoms with Gasteiger partial charge in [-0.05, 0) is 73.4 Å². The van der Waals surface area contributed by atoms with Gasteiger partial charge in [-0.1, -0.05) is 36.0 Å². The number of methoxy groups -OCH3 is 1. The fourth-order valence-electron chi connectivity index (χ4n) is 4.63. The number of rotatable bonds is 8. The summed E-state index contributed by atoms with van der Waals surface area (Å²) in [6.45, 7) is 4.09. The standard InChI is InChI=1S/C30H27F3N6O4S/c1-18-14-24(42-3)15-19(2)26(18)39-25(40)16-44-29(39)36-28(41)34-13-12-20-4-6-21(7-5-20)27-35-17-38(37-27)22-8-10-23(11-9-22)43-30(31,32)33/h4-11,14-15,17H,12-13,16H2,1-3H3,(H,34,41). The number of hydrogen-bond donors (Lipinski definition) is 1. The highest BCUT2D eigenvalue weighted by molar-refractivity contribution is 8.15. The second kappa shape index (κ2) is 12.8. The second-order valence-electron chi connectivity index (χ2n) is 9.76. The van der Waals surface area contributed by atoms with Gasteiger partial charge in [-0.2, -0.15) is 4.99 Å². The third-order valence-electron chi connectivity index (χ3n) is 6.62. The average molecular weight is 625 g/mol. The topological polar surface area (TPSA) is 111 Å². The van der Waals surface area contributed by atoms with Crippen molar-refractivity contribution in [3.8, 4) is 28.6 Å². The van der Waals surface area contributed by atoms with Crippen LogP contribution in [0.3, 0.4) is 0 Å². The minimum atomic E-state index is -4.76. The van der Waals surface area contributed by atoms with Gasteiger partial charge in [-0.3, -0.25) is 9.69 Å². The summed E-state index contributed by atoms with van der Waals surface area (Å²) in [6, 6.07) is 15.9. The average Bonchev–Trinajstić information content (AvgIpc) is 3.60. The molecule has 1 aliphatic heterocycles. The number of amides is 3. The Hall–Kier alpha value is -4.85. The number of aromatic nitrogens is 3. The quantitative estimate of drug-likeness (QED) is 0.262. The van der Waals surface area contributed by atoms with Crippen molar-refractivity contribution < 1.29 is 32.2 Å². The number of hydrogen-bond acceptors (Lipinski definition) is 7. The van der Waals surface area contributed by atoms with Crippen LogP contribution in [0.1, 0.15) is 16.7 Å². The molecule has 44 heavy (non-hydrogen) atoms. The SMILES string of the molecule is COc1cc(C)c(N2C(=O)CSC2=NC(=O)NCCc2ccc(-c3ncn(-c4ccc(OC(F)(F)F)cc4)n3)cc2)c(C)c1. The van der Waals surface area contributed by atoms with E-state index in [1.54, 1.807) is 7.11 Å². The summed E-state index contributed by atoms with van der Waals surface area (Å²) in [5.41, 5.74) is 4.59. The van der Waals surface area contributed by atoms with Crippen LogP contribution < -0.4 is 19.7 Å². The molecule has 1 aromatic heterocycles. The maximum absolute atomic E-state index is 12.7. The molecule has 3 aromatic carbocycles. The van der Waals surface area contributed by atoms with Crippen LogP contribution in [0.25, 0.3) is 17.1 Å². The predicted molar refractivity (Wildman–Crippen MR) is 160 cm³/mol. The number of alkyl halides is 3. The number of anilines is 1. The van der Waals surface area contributed by atoms with Crippen LogP contribution in [0.2, 0.25) is 0 Å². The van der Waals surface area contributed by atoms with Gasteiger partial charge in [0.25, 0.3) is 0 Å². The first-order valence-electron chi connectivity index (χ1n) is 13.4. The van der Waals surface area contributed by atoms with E-state index in [9.17, 15) is 22.8 Å². The van der Waals surface area contributed by atoms with Gasteiger partial charge < -0.3 is 14.8 Å². The van der Waals surface area contributed by atoms with Crippen LogP contribution in [-0.2, 0) is 11.2 Å². The molecule has 1 fully saturated rings. The smallest absolute Gasteiger partial charge is 0.497 e. The van der Waals surface area contributed by atoms with Gasteiger partial charge in [0.15, 0.2) is 11.0 Å². The maximum atomic E-state index is 12.7. The number of nitrogens with one attached hydrogen (secondary N) is 1. The van der Waals surface area contributed by atoms with E-state index in [1.165, 1.54) is 51.9 Å². The fourth-order valence-corrected chi connectivity index (χ4v) is 5.48. The number of aryl methyl sites for hydroxylation is 2. The molecule has 0 bridgehead atoms. The Labute approximate surface area is 254 Å². The second-order valence-corrected chi connectivity index (χ2v) is 10.7. The first-order chi connectivity index (χ1) is 21.0. The zero-order valence-electron chi connectivity index (χ0n) is 23.9. The van der Waals surface area contributed by atoms with E-state index >= 15 is 0 Å². The van der Waals surface area contributed by atoms with Crippen molar-refractivity contribution in [1.82, 2.24) is 20.1 Å². The first-order valence-corrected chi connectivity index (χ1v) is 14.3. The largest absolute Gasteiger partial charge is 0.573 e. The van der Waals surface area contributed by atoms with Crippen molar-refractivity contribution in [1.29, 1.82) is 0 Å².